The molecule has 1 aromatic heterocycles. The first-order valence-electron chi connectivity index (χ1n) is 17.0. The number of nitrogens with zero attached hydrogens (tertiary/aromatic N) is 2. The molecule has 1 aliphatic carbocycles. The van der Waals surface area contributed by atoms with Gasteiger partial charge >= 0.3 is 0 Å². The Kier molecular flexibility index (Phi) is 6.40. The second-order valence-electron chi connectivity index (χ2n) is 12.9. The maximum atomic E-state index is 6.53. The highest BCUT2D eigenvalue weighted by molar-refractivity contribution is 5.90. The molecule has 0 saturated carbocycles. The summed E-state index contributed by atoms with van der Waals surface area (Å²) >= 11 is 0. The third kappa shape index (κ3) is 4.30. The maximum absolute atomic E-state index is 6.53. The van der Waals surface area contributed by atoms with Gasteiger partial charge in [-0.1, -0.05) is 158 Å². The maximum Gasteiger partial charge on any atom is 0.160 e. The van der Waals surface area contributed by atoms with Gasteiger partial charge in [0.15, 0.2) is 5.82 Å². The molecule has 0 amide bonds. The van der Waals surface area contributed by atoms with Crippen LogP contribution < -0.4 is 4.74 Å². The zero-order chi connectivity index (χ0) is 33.1. The Bertz CT molecular complexity index is 2450. The lowest BCUT2D eigenvalue weighted by molar-refractivity contribution is 0.436. The van der Waals surface area contributed by atoms with E-state index in [0.717, 1.165) is 50.7 Å². The van der Waals surface area contributed by atoms with E-state index in [4.69, 9.17) is 14.7 Å². The molecular formula is C47H30N2O. The fraction of sp³-hybridized carbons (Fsp3) is 0.0213. The molecule has 0 radical (unpaired) electrons. The second kappa shape index (κ2) is 11.3. The van der Waals surface area contributed by atoms with Gasteiger partial charge in [-0.3, -0.25) is 0 Å². The lowest BCUT2D eigenvalue weighted by Crippen LogP contribution is -2.32. The van der Waals surface area contributed by atoms with Crippen LogP contribution in [0.1, 0.15) is 22.3 Å². The lowest BCUT2D eigenvalue weighted by Gasteiger charge is -2.39. The van der Waals surface area contributed by atoms with E-state index in [-0.39, 0.29) is 0 Å². The summed E-state index contributed by atoms with van der Waals surface area (Å²) in [6.45, 7) is 0. The predicted molar refractivity (Wildman–Crippen MR) is 201 cm³/mol. The molecule has 0 N–H and O–H groups in total. The molecular weight excluding hydrogens is 609 g/mol. The van der Waals surface area contributed by atoms with E-state index in [1.807, 2.05) is 36.4 Å². The molecule has 0 fully saturated rings. The molecule has 234 valence electrons. The molecule has 0 bridgehead atoms. The highest BCUT2D eigenvalue weighted by atomic mass is 16.5. The van der Waals surface area contributed by atoms with E-state index in [1.54, 1.807) is 0 Å². The van der Waals surface area contributed by atoms with Crippen molar-refractivity contribution in [2.24, 2.45) is 0 Å². The number of ether oxygens (including phenoxy) is 1. The first-order valence-corrected chi connectivity index (χ1v) is 17.0. The van der Waals surface area contributed by atoms with E-state index >= 15 is 0 Å². The van der Waals surface area contributed by atoms with Crippen LogP contribution in [0.2, 0.25) is 0 Å². The van der Waals surface area contributed by atoms with Crippen LogP contribution in [0, 0.1) is 0 Å². The van der Waals surface area contributed by atoms with E-state index in [0.29, 0.717) is 5.82 Å². The van der Waals surface area contributed by atoms with E-state index in [2.05, 4.69) is 146 Å². The monoisotopic (exact) mass is 638 g/mol. The Morgan fingerprint density at radius 2 is 0.820 bits per heavy atom. The van der Waals surface area contributed by atoms with Crippen molar-refractivity contribution in [3.63, 3.8) is 0 Å². The highest BCUT2D eigenvalue weighted by Crippen LogP contribution is 2.62. The van der Waals surface area contributed by atoms with E-state index < -0.39 is 5.41 Å². The van der Waals surface area contributed by atoms with Crippen LogP contribution in [0.25, 0.3) is 56.2 Å². The van der Waals surface area contributed by atoms with Crippen LogP contribution >= 0.6 is 0 Å². The van der Waals surface area contributed by atoms with Crippen LogP contribution in [-0.2, 0) is 5.41 Å². The van der Waals surface area contributed by atoms with Crippen LogP contribution in [-0.4, -0.2) is 9.97 Å². The summed E-state index contributed by atoms with van der Waals surface area (Å²) in [6.07, 6.45) is 0. The van der Waals surface area contributed by atoms with E-state index in [1.165, 1.54) is 33.4 Å². The second-order valence-corrected chi connectivity index (χ2v) is 12.9. The van der Waals surface area contributed by atoms with Crippen molar-refractivity contribution in [2.45, 2.75) is 5.41 Å². The van der Waals surface area contributed by atoms with Crippen molar-refractivity contribution in [3.8, 4) is 67.7 Å². The van der Waals surface area contributed by atoms with Crippen molar-refractivity contribution >= 4 is 0 Å². The summed E-state index contributed by atoms with van der Waals surface area (Å²) in [5.74, 6) is 2.50. The minimum absolute atomic E-state index is 0.493. The zero-order valence-corrected chi connectivity index (χ0v) is 27.1. The molecule has 7 aromatic carbocycles. The smallest absolute Gasteiger partial charge is 0.160 e. The summed E-state index contributed by atoms with van der Waals surface area (Å²) in [4.78, 5) is 10.1. The normalized spacial score (nSPS) is 13.1. The van der Waals surface area contributed by atoms with Crippen LogP contribution in [0.4, 0.5) is 0 Å². The molecule has 1 aliphatic heterocycles. The van der Waals surface area contributed by atoms with Gasteiger partial charge < -0.3 is 4.74 Å². The molecule has 0 saturated heterocycles. The number of benzene rings is 7. The number of hydrogen-bond acceptors (Lipinski definition) is 3. The molecule has 50 heavy (non-hydrogen) atoms. The molecule has 0 unspecified atom stereocenters. The van der Waals surface area contributed by atoms with Gasteiger partial charge in [0.25, 0.3) is 0 Å². The molecule has 1 spiro atoms. The predicted octanol–water partition coefficient (Wildman–Crippen LogP) is 11.6. The van der Waals surface area contributed by atoms with Crippen molar-refractivity contribution in [2.75, 3.05) is 0 Å². The van der Waals surface area contributed by atoms with Crippen LogP contribution in [0.15, 0.2) is 182 Å². The van der Waals surface area contributed by atoms with E-state index in [9.17, 15) is 0 Å². The number of rotatable bonds is 4. The summed E-state index contributed by atoms with van der Waals surface area (Å²) in [6, 6.07) is 64.2. The minimum Gasteiger partial charge on any atom is -0.457 e. The van der Waals surface area contributed by atoms with Crippen molar-refractivity contribution < 1.29 is 4.74 Å². The Labute approximate surface area is 291 Å². The third-order valence-electron chi connectivity index (χ3n) is 10.2. The van der Waals surface area contributed by atoms with Crippen molar-refractivity contribution in [3.05, 3.63) is 204 Å². The number of hydrogen-bond donors (Lipinski definition) is 0. The SMILES string of the molecule is c1ccc(-c2cc(-c3ccccc3)nc(-c3ccc(-c4ccc5c(c4)C4(c6ccccc6Oc6ccccc64)c4ccccc4-5)cc3)n2)cc1. The number of fused-ring (bicyclic) bond motifs is 9. The van der Waals surface area contributed by atoms with Gasteiger partial charge in [0.2, 0.25) is 0 Å². The molecule has 3 nitrogen and oxygen atoms in total. The zero-order valence-electron chi connectivity index (χ0n) is 27.1. The van der Waals surface area contributed by atoms with Gasteiger partial charge in [0, 0.05) is 27.8 Å². The quantitative estimate of drug-likeness (QED) is 0.192. The topological polar surface area (TPSA) is 35.0 Å². The van der Waals surface area contributed by atoms with Gasteiger partial charge in [0.1, 0.15) is 11.5 Å². The summed E-state index contributed by atoms with van der Waals surface area (Å²) in [7, 11) is 0. The molecule has 10 rings (SSSR count). The van der Waals surface area contributed by atoms with Gasteiger partial charge in [0.05, 0.1) is 16.8 Å². The fourth-order valence-corrected chi connectivity index (χ4v) is 7.94. The van der Waals surface area contributed by atoms with Crippen LogP contribution in [0.5, 0.6) is 11.5 Å². The Balaban J connectivity index is 1.11. The molecule has 2 aliphatic rings. The summed E-state index contributed by atoms with van der Waals surface area (Å²) in [5, 5.41) is 0. The first-order chi connectivity index (χ1) is 24.8. The van der Waals surface area contributed by atoms with Gasteiger partial charge in [-0.25, -0.2) is 9.97 Å². The summed E-state index contributed by atoms with van der Waals surface area (Å²) < 4.78 is 6.53. The Morgan fingerprint density at radius 3 is 1.44 bits per heavy atom. The Hall–Kier alpha value is -6.58. The average molecular weight is 639 g/mol. The minimum atomic E-state index is -0.493. The lowest BCUT2D eigenvalue weighted by atomic mass is 9.66. The van der Waals surface area contributed by atoms with Crippen LogP contribution in [0.3, 0.4) is 0 Å². The molecule has 0 atom stereocenters. The van der Waals surface area contributed by atoms with Gasteiger partial charge in [-0.15, -0.1) is 0 Å². The van der Waals surface area contributed by atoms with Gasteiger partial charge in [-0.2, -0.15) is 0 Å². The highest BCUT2D eigenvalue weighted by Gasteiger charge is 2.50. The van der Waals surface area contributed by atoms with Gasteiger partial charge in [-0.05, 0) is 57.6 Å². The van der Waals surface area contributed by atoms with Crippen molar-refractivity contribution in [1.82, 2.24) is 9.97 Å². The largest absolute Gasteiger partial charge is 0.457 e. The third-order valence-corrected chi connectivity index (χ3v) is 10.2. The molecule has 3 heteroatoms. The first kappa shape index (κ1) is 28.4. The molecule has 2 heterocycles. The number of aromatic nitrogens is 2. The number of para-hydroxylation sites is 2. The fourth-order valence-electron chi connectivity index (χ4n) is 7.94. The Morgan fingerprint density at radius 1 is 0.340 bits per heavy atom. The van der Waals surface area contributed by atoms with Crippen molar-refractivity contribution in [1.29, 1.82) is 0 Å². The summed E-state index contributed by atoms with van der Waals surface area (Å²) in [5.41, 5.74) is 14.1. The standard InChI is InChI=1S/C47H30N2O/c1-3-13-32(14-4-1)42-30-43(33-15-5-2-6-16-33)49-46(48-42)34-25-23-31(24-26-34)35-27-28-37-36-17-7-8-18-38(36)47(41(37)29-35)39-19-9-11-21-44(39)50-45-22-12-10-20-40(45)47/h1-30H. The molecule has 8 aromatic rings. The average Bonchev–Trinajstić information content (AvgIpc) is 3.48.